The first-order chi connectivity index (χ1) is 9.22. The van der Waals surface area contributed by atoms with Crippen molar-refractivity contribution in [2.45, 2.75) is 26.2 Å². The number of thiazole rings is 1. The molecule has 1 aromatic heterocycles. The molecule has 0 saturated carbocycles. The summed E-state index contributed by atoms with van der Waals surface area (Å²) in [4.78, 5) is 17.9. The average molecular weight is 272 g/mol. The molecule has 0 bridgehead atoms. The minimum atomic E-state index is 0.0780. The molecule has 0 aliphatic heterocycles. The van der Waals surface area contributed by atoms with E-state index in [4.69, 9.17) is 0 Å². The highest BCUT2D eigenvalue weighted by atomic mass is 32.1. The topological polar surface area (TPSA) is 42.0 Å². The smallest absolute Gasteiger partial charge is 0.227 e. The van der Waals surface area contributed by atoms with Crippen LogP contribution >= 0.6 is 11.3 Å². The first-order valence-electron chi connectivity index (χ1n) is 6.51. The molecular weight excluding hydrogens is 256 g/mol. The van der Waals surface area contributed by atoms with Crippen molar-refractivity contribution in [1.82, 2.24) is 4.98 Å². The van der Waals surface area contributed by atoms with E-state index in [0.29, 0.717) is 0 Å². The first-order valence-corrected chi connectivity index (χ1v) is 7.39. The SMILES string of the molecule is Cc1ccc(NC(=O)C2CCc3ncsc3C2)cc1. The largest absolute Gasteiger partial charge is 0.326 e. The molecule has 0 saturated heterocycles. The van der Waals surface area contributed by atoms with Crippen LogP contribution in [0.2, 0.25) is 0 Å². The van der Waals surface area contributed by atoms with Crippen LogP contribution in [-0.2, 0) is 17.6 Å². The van der Waals surface area contributed by atoms with Gasteiger partial charge in [0.15, 0.2) is 0 Å². The third kappa shape index (κ3) is 2.68. The van der Waals surface area contributed by atoms with Crippen LogP contribution in [0, 0.1) is 12.8 Å². The molecule has 98 valence electrons. The Hall–Kier alpha value is -1.68. The van der Waals surface area contributed by atoms with Crippen LogP contribution in [0.4, 0.5) is 5.69 Å². The third-order valence-electron chi connectivity index (χ3n) is 3.58. The molecule has 1 N–H and O–H groups in total. The lowest BCUT2D eigenvalue weighted by atomic mass is 9.90. The van der Waals surface area contributed by atoms with E-state index in [1.165, 1.54) is 16.1 Å². The summed E-state index contributed by atoms with van der Waals surface area (Å²) in [6.07, 6.45) is 2.65. The van der Waals surface area contributed by atoms with E-state index >= 15 is 0 Å². The lowest BCUT2D eigenvalue weighted by Gasteiger charge is -2.20. The number of carbonyl (C=O) groups excluding carboxylic acids is 1. The maximum Gasteiger partial charge on any atom is 0.227 e. The lowest BCUT2D eigenvalue weighted by molar-refractivity contribution is -0.120. The summed E-state index contributed by atoms with van der Waals surface area (Å²) in [5, 5.41) is 3.01. The Morgan fingerprint density at radius 2 is 2.16 bits per heavy atom. The number of benzene rings is 1. The summed E-state index contributed by atoms with van der Waals surface area (Å²) >= 11 is 1.66. The van der Waals surface area contributed by atoms with Gasteiger partial charge in [0.25, 0.3) is 0 Å². The highest BCUT2D eigenvalue weighted by molar-refractivity contribution is 7.09. The Morgan fingerprint density at radius 3 is 2.95 bits per heavy atom. The second kappa shape index (κ2) is 5.13. The number of carbonyl (C=O) groups is 1. The fraction of sp³-hybridized carbons (Fsp3) is 0.333. The molecule has 3 nitrogen and oxygen atoms in total. The van der Waals surface area contributed by atoms with E-state index in [1.807, 2.05) is 36.7 Å². The van der Waals surface area contributed by atoms with E-state index in [0.717, 1.165) is 24.9 Å². The van der Waals surface area contributed by atoms with Gasteiger partial charge in [0.2, 0.25) is 5.91 Å². The standard InChI is InChI=1S/C15H16N2OS/c1-10-2-5-12(6-3-10)17-15(18)11-4-7-13-14(8-11)19-9-16-13/h2-3,5-6,9,11H,4,7-8H2,1H3,(H,17,18). The van der Waals surface area contributed by atoms with Crippen molar-refractivity contribution < 1.29 is 4.79 Å². The maximum absolute atomic E-state index is 12.3. The summed E-state index contributed by atoms with van der Waals surface area (Å²) in [7, 11) is 0. The van der Waals surface area contributed by atoms with Crippen LogP contribution in [0.25, 0.3) is 0 Å². The number of fused-ring (bicyclic) bond motifs is 1. The second-order valence-corrected chi connectivity index (χ2v) is 5.96. The van der Waals surface area contributed by atoms with Crippen molar-refractivity contribution >= 4 is 22.9 Å². The molecular formula is C15H16N2OS. The van der Waals surface area contributed by atoms with E-state index in [1.54, 1.807) is 11.3 Å². The average Bonchev–Trinajstić information content (AvgIpc) is 2.88. The van der Waals surface area contributed by atoms with Gasteiger partial charge in [-0.1, -0.05) is 17.7 Å². The van der Waals surface area contributed by atoms with E-state index in [9.17, 15) is 4.79 Å². The Labute approximate surface area is 116 Å². The van der Waals surface area contributed by atoms with Crippen LogP contribution < -0.4 is 5.32 Å². The highest BCUT2D eigenvalue weighted by Crippen LogP contribution is 2.28. The zero-order valence-corrected chi connectivity index (χ0v) is 11.7. The Kier molecular flexibility index (Phi) is 3.34. The minimum Gasteiger partial charge on any atom is -0.326 e. The van der Waals surface area contributed by atoms with Crippen LogP contribution in [0.15, 0.2) is 29.8 Å². The molecule has 4 heteroatoms. The molecule has 1 aliphatic rings. The number of amides is 1. The summed E-state index contributed by atoms with van der Waals surface area (Å²) in [6.45, 7) is 2.04. The van der Waals surface area contributed by atoms with Gasteiger partial charge in [-0.25, -0.2) is 4.98 Å². The van der Waals surface area contributed by atoms with Gasteiger partial charge in [0.05, 0.1) is 11.2 Å². The maximum atomic E-state index is 12.3. The van der Waals surface area contributed by atoms with Gasteiger partial charge in [0, 0.05) is 16.5 Å². The summed E-state index contributed by atoms with van der Waals surface area (Å²) in [5.74, 6) is 0.206. The highest BCUT2D eigenvalue weighted by Gasteiger charge is 2.26. The van der Waals surface area contributed by atoms with Crippen molar-refractivity contribution in [3.8, 4) is 0 Å². The molecule has 19 heavy (non-hydrogen) atoms. The molecule has 1 heterocycles. The number of aryl methyl sites for hydroxylation is 2. The molecule has 1 amide bonds. The zero-order chi connectivity index (χ0) is 13.2. The molecule has 1 aliphatic carbocycles. The monoisotopic (exact) mass is 272 g/mol. The Bertz CT molecular complexity index is 588. The third-order valence-corrected chi connectivity index (χ3v) is 4.47. The summed E-state index contributed by atoms with van der Waals surface area (Å²) in [6, 6.07) is 7.93. The molecule has 0 spiro atoms. The number of nitrogens with zero attached hydrogens (tertiary/aromatic N) is 1. The van der Waals surface area contributed by atoms with E-state index in [-0.39, 0.29) is 11.8 Å². The van der Waals surface area contributed by atoms with Gasteiger partial charge in [-0.15, -0.1) is 11.3 Å². The number of anilines is 1. The number of hydrogen-bond donors (Lipinski definition) is 1. The number of rotatable bonds is 2. The number of aromatic nitrogens is 1. The van der Waals surface area contributed by atoms with Gasteiger partial charge in [0.1, 0.15) is 0 Å². The molecule has 3 rings (SSSR count). The fourth-order valence-corrected chi connectivity index (χ4v) is 3.30. The zero-order valence-electron chi connectivity index (χ0n) is 10.8. The van der Waals surface area contributed by atoms with Crippen LogP contribution in [0.1, 0.15) is 22.6 Å². The molecule has 0 radical (unpaired) electrons. The van der Waals surface area contributed by atoms with Crippen molar-refractivity contribution in [3.05, 3.63) is 45.9 Å². The normalized spacial score (nSPS) is 17.8. The van der Waals surface area contributed by atoms with Gasteiger partial charge < -0.3 is 5.32 Å². The van der Waals surface area contributed by atoms with Gasteiger partial charge in [-0.05, 0) is 38.3 Å². The van der Waals surface area contributed by atoms with Crippen LogP contribution in [0.3, 0.4) is 0 Å². The molecule has 2 aromatic rings. The fourth-order valence-electron chi connectivity index (χ4n) is 2.41. The molecule has 1 atom stereocenters. The predicted molar refractivity (Wildman–Crippen MR) is 77.4 cm³/mol. The van der Waals surface area contributed by atoms with E-state index in [2.05, 4.69) is 10.3 Å². The van der Waals surface area contributed by atoms with Crippen molar-refractivity contribution in [2.24, 2.45) is 5.92 Å². The number of nitrogens with one attached hydrogen (secondary N) is 1. The van der Waals surface area contributed by atoms with Crippen LogP contribution in [0.5, 0.6) is 0 Å². The Balaban J connectivity index is 1.67. The van der Waals surface area contributed by atoms with Gasteiger partial charge in [-0.3, -0.25) is 4.79 Å². The molecule has 0 fully saturated rings. The molecule has 1 unspecified atom stereocenters. The summed E-state index contributed by atoms with van der Waals surface area (Å²) < 4.78 is 0. The Morgan fingerprint density at radius 1 is 1.37 bits per heavy atom. The van der Waals surface area contributed by atoms with Gasteiger partial charge >= 0.3 is 0 Å². The first kappa shape index (κ1) is 12.4. The second-order valence-electron chi connectivity index (χ2n) is 5.02. The minimum absolute atomic E-state index is 0.0780. The molecule has 1 aromatic carbocycles. The lowest BCUT2D eigenvalue weighted by Crippen LogP contribution is -2.27. The summed E-state index contributed by atoms with van der Waals surface area (Å²) in [5.41, 5.74) is 5.14. The van der Waals surface area contributed by atoms with Crippen molar-refractivity contribution in [3.63, 3.8) is 0 Å². The predicted octanol–water partition coefficient (Wildman–Crippen LogP) is 3.20. The quantitative estimate of drug-likeness (QED) is 0.912. The number of hydrogen-bond acceptors (Lipinski definition) is 3. The van der Waals surface area contributed by atoms with Crippen molar-refractivity contribution in [1.29, 1.82) is 0 Å². The van der Waals surface area contributed by atoms with Crippen molar-refractivity contribution in [2.75, 3.05) is 5.32 Å². The van der Waals surface area contributed by atoms with E-state index < -0.39 is 0 Å². The van der Waals surface area contributed by atoms with Crippen LogP contribution in [-0.4, -0.2) is 10.9 Å². The van der Waals surface area contributed by atoms with Gasteiger partial charge in [-0.2, -0.15) is 0 Å².